The maximum absolute atomic E-state index is 12.5. The fourth-order valence-electron chi connectivity index (χ4n) is 4.61. The molecule has 0 spiro atoms. The first-order valence-electron chi connectivity index (χ1n) is 9.99. The van der Waals surface area contributed by atoms with Crippen LogP contribution in [0.4, 0.5) is 5.69 Å². The van der Waals surface area contributed by atoms with Crippen molar-refractivity contribution in [3.8, 4) is 11.5 Å². The Balaban J connectivity index is 1.81. The summed E-state index contributed by atoms with van der Waals surface area (Å²) in [5, 5.41) is 3.27. The molecule has 1 amide bonds. The maximum atomic E-state index is 12.5. The third-order valence-electron chi connectivity index (χ3n) is 6.39. The number of benzene rings is 2. The van der Waals surface area contributed by atoms with Crippen LogP contribution in [0.2, 0.25) is 0 Å². The molecule has 0 unspecified atom stereocenters. The van der Waals surface area contributed by atoms with E-state index in [0.717, 1.165) is 29.2 Å². The van der Waals surface area contributed by atoms with Gasteiger partial charge in [0.2, 0.25) is 5.91 Å². The highest BCUT2D eigenvalue weighted by atomic mass is 16.5. The van der Waals surface area contributed by atoms with E-state index in [0.29, 0.717) is 6.54 Å². The Hall–Kier alpha value is -2.95. The summed E-state index contributed by atoms with van der Waals surface area (Å²) >= 11 is 0. The number of nitrogens with zero attached hydrogens (tertiary/aromatic N) is 1. The number of amides is 1. The van der Waals surface area contributed by atoms with Gasteiger partial charge in [0.25, 0.3) is 0 Å². The first-order chi connectivity index (χ1) is 13.9. The molecule has 0 aliphatic carbocycles. The lowest BCUT2D eigenvalue weighted by atomic mass is 9.75. The summed E-state index contributed by atoms with van der Waals surface area (Å²) in [6.45, 7) is 6.92. The van der Waals surface area contributed by atoms with Crippen LogP contribution >= 0.6 is 0 Å². The highest BCUT2D eigenvalue weighted by molar-refractivity contribution is 5.91. The van der Waals surface area contributed by atoms with Gasteiger partial charge in [-0.3, -0.25) is 4.79 Å². The summed E-state index contributed by atoms with van der Waals surface area (Å²) in [7, 11) is 3.29. The van der Waals surface area contributed by atoms with E-state index >= 15 is 0 Å². The van der Waals surface area contributed by atoms with E-state index in [4.69, 9.17) is 9.47 Å². The Morgan fingerprint density at radius 3 is 2.62 bits per heavy atom. The Kier molecular flexibility index (Phi) is 4.56. The second-order valence-corrected chi connectivity index (χ2v) is 8.17. The molecule has 0 bridgehead atoms. The Morgan fingerprint density at radius 1 is 1.14 bits per heavy atom. The third kappa shape index (κ3) is 2.79. The predicted molar refractivity (Wildman–Crippen MR) is 116 cm³/mol. The van der Waals surface area contributed by atoms with Crippen LogP contribution in [0.15, 0.2) is 42.5 Å². The summed E-state index contributed by atoms with van der Waals surface area (Å²) < 4.78 is 10.8. The van der Waals surface area contributed by atoms with E-state index in [1.807, 2.05) is 24.3 Å². The molecule has 5 nitrogen and oxygen atoms in total. The number of carbonyl (C=O) groups is 1. The summed E-state index contributed by atoms with van der Waals surface area (Å²) in [6.07, 6.45) is 5.13. The summed E-state index contributed by atoms with van der Waals surface area (Å²) in [5.74, 6) is 1.51. The quantitative estimate of drug-likeness (QED) is 0.838. The van der Waals surface area contributed by atoms with Gasteiger partial charge < -0.3 is 19.7 Å². The lowest BCUT2D eigenvalue weighted by molar-refractivity contribution is -0.118. The zero-order chi connectivity index (χ0) is 20.8. The van der Waals surface area contributed by atoms with Crippen molar-refractivity contribution in [1.82, 2.24) is 5.32 Å². The zero-order valence-corrected chi connectivity index (χ0v) is 17.7. The smallest absolute Gasteiger partial charge is 0.241 e. The van der Waals surface area contributed by atoms with Crippen molar-refractivity contribution in [1.29, 1.82) is 0 Å². The summed E-state index contributed by atoms with van der Waals surface area (Å²) in [4.78, 5) is 14.7. The first-order valence-corrected chi connectivity index (χ1v) is 9.99. The fraction of sp³-hybridized carbons (Fsp3) is 0.375. The van der Waals surface area contributed by atoms with E-state index in [-0.39, 0.29) is 11.3 Å². The van der Waals surface area contributed by atoms with Gasteiger partial charge in [-0.25, -0.2) is 0 Å². The standard InChI is InChI=1S/C24H28N2O3/c1-6-16-7-10-20-19(13-16)23(2,3)24(25-22(27)15-26(20)24)12-11-17-8-9-18(28-4)14-21(17)29-5/h7-14H,6,15H2,1-5H3,(H,25,27)/t24-/m1/s1. The van der Waals surface area contributed by atoms with Gasteiger partial charge in [-0.1, -0.05) is 39.0 Å². The molecular formula is C24H28N2O3. The molecule has 2 aromatic carbocycles. The SMILES string of the molecule is CCc1ccc2c(c1)C(C)(C)[C@]1(C=Cc3ccc(OC)cc3OC)NC(=O)CN21. The molecule has 2 aliphatic rings. The molecule has 4 rings (SSSR count). The molecule has 5 heteroatoms. The second kappa shape index (κ2) is 6.83. The van der Waals surface area contributed by atoms with Crippen LogP contribution in [-0.2, 0) is 16.6 Å². The van der Waals surface area contributed by atoms with Crippen LogP contribution in [0.1, 0.15) is 37.5 Å². The molecule has 152 valence electrons. The van der Waals surface area contributed by atoms with Crippen LogP contribution in [0.25, 0.3) is 6.08 Å². The van der Waals surface area contributed by atoms with Crippen molar-refractivity contribution < 1.29 is 14.3 Å². The van der Waals surface area contributed by atoms with Gasteiger partial charge in [-0.2, -0.15) is 0 Å². The Morgan fingerprint density at radius 2 is 1.93 bits per heavy atom. The minimum Gasteiger partial charge on any atom is -0.497 e. The van der Waals surface area contributed by atoms with Crippen molar-refractivity contribution in [2.24, 2.45) is 0 Å². The molecule has 29 heavy (non-hydrogen) atoms. The molecule has 2 aliphatic heterocycles. The number of hydrogen-bond acceptors (Lipinski definition) is 4. The predicted octanol–water partition coefficient (Wildman–Crippen LogP) is 3.90. The van der Waals surface area contributed by atoms with Gasteiger partial charge >= 0.3 is 0 Å². The molecule has 1 atom stereocenters. The lowest BCUT2D eigenvalue weighted by Crippen LogP contribution is -2.58. The molecule has 2 aromatic rings. The number of anilines is 1. The fourth-order valence-corrected chi connectivity index (χ4v) is 4.61. The van der Waals surface area contributed by atoms with Gasteiger partial charge in [0, 0.05) is 22.7 Å². The van der Waals surface area contributed by atoms with Gasteiger partial charge in [-0.15, -0.1) is 0 Å². The molecule has 1 saturated heterocycles. The van der Waals surface area contributed by atoms with E-state index < -0.39 is 5.66 Å². The van der Waals surface area contributed by atoms with E-state index in [9.17, 15) is 4.79 Å². The number of rotatable bonds is 5. The number of hydrogen-bond donors (Lipinski definition) is 1. The van der Waals surface area contributed by atoms with Gasteiger partial charge in [-0.05, 0) is 41.8 Å². The summed E-state index contributed by atoms with van der Waals surface area (Å²) in [6, 6.07) is 12.3. The first kappa shape index (κ1) is 19.4. The Labute approximate surface area is 172 Å². The monoisotopic (exact) mass is 392 g/mol. The number of methoxy groups -OCH3 is 2. The number of carbonyl (C=O) groups excluding carboxylic acids is 1. The van der Waals surface area contributed by atoms with Crippen molar-refractivity contribution in [3.63, 3.8) is 0 Å². The van der Waals surface area contributed by atoms with Crippen LogP contribution in [0.5, 0.6) is 11.5 Å². The van der Waals surface area contributed by atoms with Gasteiger partial charge in [0.1, 0.15) is 17.2 Å². The average molecular weight is 392 g/mol. The molecule has 0 saturated carbocycles. The molecule has 0 radical (unpaired) electrons. The van der Waals surface area contributed by atoms with Crippen molar-refractivity contribution in [2.45, 2.75) is 38.3 Å². The highest BCUT2D eigenvalue weighted by Crippen LogP contribution is 2.53. The molecule has 2 heterocycles. The lowest BCUT2D eigenvalue weighted by Gasteiger charge is -2.40. The molecule has 1 fully saturated rings. The van der Waals surface area contributed by atoms with Crippen molar-refractivity contribution in [3.05, 3.63) is 59.2 Å². The van der Waals surface area contributed by atoms with Crippen LogP contribution in [0.3, 0.4) is 0 Å². The second-order valence-electron chi connectivity index (χ2n) is 8.17. The zero-order valence-electron chi connectivity index (χ0n) is 17.7. The maximum Gasteiger partial charge on any atom is 0.241 e. The highest BCUT2D eigenvalue weighted by Gasteiger charge is 2.59. The molecular weight excluding hydrogens is 364 g/mol. The largest absolute Gasteiger partial charge is 0.497 e. The Bertz CT molecular complexity index is 996. The topological polar surface area (TPSA) is 50.8 Å². The van der Waals surface area contributed by atoms with Crippen LogP contribution in [-0.4, -0.2) is 32.3 Å². The van der Waals surface area contributed by atoms with E-state index in [2.05, 4.69) is 55.3 Å². The van der Waals surface area contributed by atoms with Crippen LogP contribution < -0.4 is 19.7 Å². The third-order valence-corrected chi connectivity index (χ3v) is 6.39. The number of aryl methyl sites for hydroxylation is 1. The number of nitrogens with one attached hydrogen (secondary N) is 1. The molecule has 1 N–H and O–H groups in total. The average Bonchev–Trinajstić information content (AvgIpc) is 3.16. The van der Waals surface area contributed by atoms with Crippen LogP contribution in [0, 0.1) is 0 Å². The minimum absolute atomic E-state index is 0.0367. The number of fused-ring (bicyclic) bond motifs is 3. The normalized spacial score (nSPS) is 21.8. The van der Waals surface area contributed by atoms with Crippen molar-refractivity contribution >= 4 is 17.7 Å². The number of ether oxygens (including phenoxy) is 2. The minimum atomic E-state index is -0.621. The summed E-state index contributed by atoms with van der Waals surface area (Å²) in [5.41, 5.74) is 3.71. The van der Waals surface area contributed by atoms with Gasteiger partial charge in [0.15, 0.2) is 0 Å². The molecule has 0 aromatic heterocycles. The van der Waals surface area contributed by atoms with Gasteiger partial charge in [0.05, 0.1) is 20.8 Å². The van der Waals surface area contributed by atoms with Crippen molar-refractivity contribution in [2.75, 3.05) is 25.7 Å². The van der Waals surface area contributed by atoms with E-state index in [1.54, 1.807) is 14.2 Å². The van der Waals surface area contributed by atoms with E-state index in [1.165, 1.54) is 11.1 Å².